The van der Waals surface area contributed by atoms with Crippen molar-refractivity contribution in [2.45, 2.75) is 6.92 Å². The van der Waals surface area contributed by atoms with Crippen LogP contribution in [0.5, 0.6) is 5.75 Å². The minimum atomic E-state index is -3.53. The fourth-order valence-electron chi connectivity index (χ4n) is 3.72. The molecule has 0 atom stereocenters. The van der Waals surface area contributed by atoms with Gasteiger partial charge in [0.25, 0.3) is 0 Å². The quantitative estimate of drug-likeness (QED) is 0.208. The van der Waals surface area contributed by atoms with E-state index in [1.165, 1.54) is 19.4 Å². The lowest BCUT2D eigenvalue weighted by molar-refractivity contribution is -0.111. The maximum atomic E-state index is 12.2. The van der Waals surface area contributed by atoms with Crippen molar-refractivity contribution >= 4 is 67.7 Å². The van der Waals surface area contributed by atoms with Crippen molar-refractivity contribution in [3.8, 4) is 5.75 Å². The Labute approximate surface area is 245 Å². The summed E-state index contributed by atoms with van der Waals surface area (Å²) >= 11 is 6.39. The molecule has 41 heavy (non-hydrogen) atoms. The number of amides is 1. The molecule has 0 aliphatic heterocycles. The van der Waals surface area contributed by atoms with E-state index in [0.29, 0.717) is 35.0 Å². The SMILES string of the molecule is C=CC(=O)Nc1cc(Nc2ncc(Cl)c(Nc3ccc(C)cc3NS(C)(=O)=O)n2)c(OC)cc1N(C)CCN(C)C. The maximum Gasteiger partial charge on any atom is 0.247 e. The Morgan fingerprint density at radius 3 is 2.44 bits per heavy atom. The highest BCUT2D eigenvalue weighted by Crippen LogP contribution is 2.38. The van der Waals surface area contributed by atoms with Gasteiger partial charge >= 0.3 is 0 Å². The van der Waals surface area contributed by atoms with Crippen LogP contribution in [0.4, 0.5) is 40.2 Å². The molecule has 3 rings (SSSR count). The standard InChI is InChI=1S/C27H35ClN8O4S/c1-8-25(37)30-21-14-22(24(40-6)15-23(21)36(5)12-11-35(3)4)32-27-29-16-18(28)26(33-27)31-19-10-9-17(2)13-20(19)34-41(7,38)39/h8-10,13-16,34H,1,11-12H2,2-7H3,(H,30,37)(H2,29,31,32,33). The zero-order valence-corrected chi connectivity index (χ0v) is 25.4. The number of rotatable bonds is 13. The van der Waals surface area contributed by atoms with Gasteiger partial charge in [-0.1, -0.05) is 24.2 Å². The van der Waals surface area contributed by atoms with Crippen LogP contribution in [0.2, 0.25) is 5.02 Å². The molecule has 4 N–H and O–H groups in total. The summed E-state index contributed by atoms with van der Waals surface area (Å²) in [5, 5.41) is 9.27. The van der Waals surface area contributed by atoms with E-state index >= 15 is 0 Å². The molecular weight excluding hydrogens is 568 g/mol. The van der Waals surface area contributed by atoms with E-state index in [0.717, 1.165) is 24.1 Å². The van der Waals surface area contributed by atoms with Gasteiger partial charge in [0.1, 0.15) is 10.8 Å². The van der Waals surface area contributed by atoms with Crippen LogP contribution in [0.3, 0.4) is 0 Å². The number of ether oxygens (including phenoxy) is 1. The zero-order valence-electron chi connectivity index (χ0n) is 23.9. The molecule has 2 aromatic carbocycles. The highest BCUT2D eigenvalue weighted by molar-refractivity contribution is 7.92. The van der Waals surface area contributed by atoms with Crippen LogP contribution in [-0.2, 0) is 14.8 Å². The smallest absolute Gasteiger partial charge is 0.247 e. The molecule has 12 nitrogen and oxygen atoms in total. The number of sulfonamides is 1. The lowest BCUT2D eigenvalue weighted by Gasteiger charge is -2.26. The van der Waals surface area contributed by atoms with Crippen molar-refractivity contribution in [1.29, 1.82) is 0 Å². The first-order valence-electron chi connectivity index (χ1n) is 12.5. The number of likely N-dealkylation sites (N-methyl/N-ethyl adjacent to an activating group) is 2. The van der Waals surface area contributed by atoms with Crippen LogP contribution in [0.1, 0.15) is 5.56 Å². The largest absolute Gasteiger partial charge is 0.494 e. The Hall–Kier alpha value is -4.07. The van der Waals surface area contributed by atoms with Crippen LogP contribution >= 0.6 is 11.6 Å². The van der Waals surface area contributed by atoms with Gasteiger partial charge in [0.15, 0.2) is 5.82 Å². The molecular formula is C27H35ClN8O4S. The minimum absolute atomic E-state index is 0.176. The van der Waals surface area contributed by atoms with Crippen LogP contribution in [-0.4, -0.2) is 76.8 Å². The Morgan fingerprint density at radius 2 is 1.80 bits per heavy atom. The summed E-state index contributed by atoms with van der Waals surface area (Å²) in [6.07, 6.45) is 3.68. The Morgan fingerprint density at radius 1 is 1.07 bits per heavy atom. The third-order valence-electron chi connectivity index (χ3n) is 5.77. The molecule has 0 aliphatic rings. The zero-order chi connectivity index (χ0) is 30.3. The van der Waals surface area contributed by atoms with E-state index in [1.807, 2.05) is 39.0 Å². The number of nitrogens with zero attached hydrogens (tertiary/aromatic N) is 4. The third-order valence-corrected chi connectivity index (χ3v) is 6.64. The number of hydrogen-bond donors (Lipinski definition) is 4. The highest BCUT2D eigenvalue weighted by atomic mass is 35.5. The van der Waals surface area contributed by atoms with Crippen molar-refractivity contribution in [2.75, 3.05) is 73.2 Å². The molecule has 0 radical (unpaired) electrons. The second-order valence-electron chi connectivity index (χ2n) is 9.55. The minimum Gasteiger partial charge on any atom is -0.494 e. The number of aromatic nitrogens is 2. The Balaban J connectivity index is 1.98. The van der Waals surface area contributed by atoms with E-state index in [4.69, 9.17) is 16.3 Å². The van der Waals surface area contributed by atoms with Crippen molar-refractivity contribution in [3.63, 3.8) is 0 Å². The van der Waals surface area contributed by atoms with Crippen molar-refractivity contribution in [2.24, 2.45) is 0 Å². The van der Waals surface area contributed by atoms with Gasteiger partial charge in [-0.15, -0.1) is 0 Å². The lowest BCUT2D eigenvalue weighted by Crippen LogP contribution is -2.29. The molecule has 3 aromatic rings. The summed E-state index contributed by atoms with van der Waals surface area (Å²) in [4.78, 5) is 25.1. The van der Waals surface area contributed by atoms with Crippen LogP contribution in [0.15, 0.2) is 49.2 Å². The number of benzene rings is 2. The summed E-state index contributed by atoms with van der Waals surface area (Å²) in [5.41, 5.74) is 3.41. The number of methoxy groups -OCH3 is 1. The van der Waals surface area contributed by atoms with Gasteiger partial charge in [0, 0.05) is 26.2 Å². The van der Waals surface area contributed by atoms with Crippen molar-refractivity contribution in [1.82, 2.24) is 14.9 Å². The van der Waals surface area contributed by atoms with Gasteiger partial charge in [0.2, 0.25) is 21.9 Å². The summed E-state index contributed by atoms with van der Waals surface area (Å²) in [6.45, 7) is 6.89. The molecule has 220 valence electrons. The molecule has 1 aromatic heterocycles. The van der Waals surface area contributed by atoms with E-state index in [2.05, 4.69) is 42.1 Å². The van der Waals surface area contributed by atoms with E-state index in [9.17, 15) is 13.2 Å². The van der Waals surface area contributed by atoms with Gasteiger partial charge in [-0.2, -0.15) is 4.98 Å². The monoisotopic (exact) mass is 602 g/mol. The summed E-state index contributed by atoms with van der Waals surface area (Å²) in [7, 11) is 3.90. The Bertz CT molecular complexity index is 1530. The normalized spacial score (nSPS) is 11.1. The van der Waals surface area contributed by atoms with E-state index < -0.39 is 10.0 Å². The topological polar surface area (TPSA) is 141 Å². The van der Waals surface area contributed by atoms with Crippen LogP contribution in [0, 0.1) is 6.92 Å². The molecule has 1 heterocycles. The second-order valence-corrected chi connectivity index (χ2v) is 11.7. The maximum absolute atomic E-state index is 12.2. The van der Waals surface area contributed by atoms with Crippen molar-refractivity contribution in [3.05, 3.63) is 59.8 Å². The van der Waals surface area contributed by atoms with Gasteiger partial charge in [0.05, 0.1) is 48.0 Å². The molecule has 0 aliphatic carbocycles. The number of carbonyl (C=O) groups is 1. The number of carbonyl (C=O) groups excluding carboxylic acids is 1. The molecule has 0 bridgehead atoms. The van der Waals surface area contributed by atoms with Gasteiger partial charge < -0.3 is 30.5 Å². The highest BCUT2D eigenvalue weighted by Gasteiger charge is 2.18. The van der Waals surface area contributed by atoms with E-state index in [1.54, 1.807) is 24.3 Å². The van der Waals surface area contributed by atoms with Crippen molar-refractivity contribution < 1.29 is 17.9 Å². The van der Waals surface area contributed by atoms with Crippen LogP contribution < -0.4 is 30.3 Å². The third kappa shape index (κ3) is 8.96. The fourth-order valence-corrected chi connectivity index (χ4v) is 4.43. The Kier molecular flexibility index (Phi) is 10.4. The summed E-state index contributed by atoms with van der Waals surface area (Å²) in [5.74, 6) is 0.534. The molecule has 0 spiro atoms. The first-order chi connectivity index (χ1) is 19.3. The average Bonchev–Trinajstić information content (AvgIpc) is 2.89. The number of hydrogen-bond acceptors (Lipinski definition) is 10. The first-order valence-corrected chi connectivity index (χ1v) is 14.7. The molecule has 0 saturated carbocycles. The number of anilines is 7. The van der Waals surface area contributed by atoms with E-state index in [-0.39, 0.29) is 22.7 Å². The number of aryl methyl sites for hydroxylation is 1. The number of nitrogens with one attached hydrogen (secondary N) is 4. The molecule has 0 saturated heterocycles. The molecule has 1 amide bonds. The lowest BCUT2D eigenvalue weighted by atomic mass is 10.2. The fraction of sp³-hybridized carbons (Fsp3) is 0.296. The average molecular weight is 603 g/mol. The van der Waals surface area contributed by atoms with Gasteiger partial charge in [-0.25, -0.2) is 13.4 Å². The van der Waals surface area contributed by atoms with Crippen LogP contribution in [0.25, 0.3) is 0 Å². The van der Waals surface area contributed by atoms with Gasteiger partial charge in [-0.05, 0) is 50.9 Å². The predicted octanol–water partition coefficient (Wildman–Crippen LogP) is 4.43. The summed E-state index contributed by atoms with van der Waals surface area (Å²) in [6, 6.07) is 8.77. The first kappa shape index (κ1) is 31.5. The molecule has 0 fully saturated rings. The molecule has 14 heteroatoms. The molecule has 0 unspecified atom stereocenters. The second kappa shape index (κ2) is 13.5. The predicted molar refractivity (Wildman–Crippen MR) is 167 cm³/mol. The summed E-state index contributed by atoms with van der Waals surface area (Å²) < 4.78 is 31.9. The van der Waals surface area contributed by atoms with Gasteiger partial charge in [-0.3, -0.25) is 9.52 Å². The number of halogens is 1.